The molecule has 0 radical (unpaired) electrons. The molecule has 2 aromatic rings. The Labute approximate surface area is 127 Å². The van der Waals surface area contributed by atoms with E-state index in [4.69, 9.17) is 4.42 Å². The zero-order valence-corrected chi connectivity index (χ0v) is 12.2. The van der Waals surface area contributed by atoms with E-state index in [1.165, 1.54) is 25.3 Å². The molecule has 5 nitrogen and oxygen atoms in total. The van der Waals surface area contributed by atoms with Gasteiger partial charge in [-0.15, -0.1) is 0 Å². The maximum absolute atomic E-state index is 12.9. The molecule has 0 unspecified atom stereocenters. The van der Waals surface area contributed by atoms with Crippen molar-refractivity contribution in [2.75, 3.05) is 13.1 Å². The lowest BCUT2D eigenvalue weighted by atomic mass is 10.2. The molecule has 0 saturated heterocycles. The highest BCUT2D eigenvalue weighted by molar-refractivity contribution is 5.91. The third-order valence-electron chi connectivity index (χ3n) is 3.14. The molecule has 0 aliphatic heterocycles. The van der Waals surface area contributed by atoms with Crippen LogP contribution >= 0.6 is 0 Å². The van der Waals surface area contributed by atoms with Crippen molar-refractivity contribution in [2.45, 2.75) is 13.5 Å². The topological polar surface area (TPSA) is 62.6 Å². The molecule has 6 heteroatoms. The maximum Gasteiger partial charge on any atom is 0.287 e. The molecule has 0 saturated carbocycles. The smallest absolute Gasteiger partial charge is 0.287 e. The Morgan fingerprint density at radius 1 is 1.23 bits per heavy atom. The highest BCUT2D eigenvalue weighted by atomic mass is 19.1. The molecule has 0 aliphatic rings. The van der Waals surface area contributed by atoms with Crippen molar-refractivity contribution in [2.24, 2.45) is 0 Å². The van der Waals surface area contributed by atoms with Crippen LogP contribution in [0.3, 0.4) is 0 Å². The largest absolute Gasteiger partial charge is 0.459 e. The first-order valence-electron chi connectivity index (χ1n) is 6.88. The fourth-order valence-electron chi connectivity index (χ4n) is 1.96. The minimum Gasteiger partial charge on any atom is -0.459 e. The van der Waals surface area contributed by atoms with Gasteiger partial charge in [-0.2, -0.15) is 0 Å². The predicted molar refractivity (Wildman–Crippen MR) is 78.5 cm³/mol. The average Bonchev–Trinajstić information content (AvgIpc) is 3.02. The molecule has 1 heterocycles. The van der Waals surface area contributed by atoms with E-state index in [9.17, 15) is 14.0 Å². The zero-order chi connectivity index (χ0) is 15.9. The number of hydrogen-bond acceptors (Lipinski definition) is 3. The van der Waals surface area contributed by atoms with Gasteiger partial charge in [-0.3, -0.25) is 9.59 Å². The lowest BCUT2D eigenvalue weighted by molar-refractivity contribution is -0.129. The first-order valence-corrected chi connectivity index (χ1v) is 6.88. The van der Waals surface area contributed by atoms with Crippen LogP contribution in [0.2, 0.25) is 0 Å². The van der Waals surface area contributed by atoms with Crippen LogP contribution in [-0.4, -0.2) is 29.8 Å². The summed E-state index contributed by atoms with van der Waals surface area (Å²) in [5.74, 6) is -0.524. The number of nitrogens with zero attached hydrogens (tertiary/aromatic N) is 1. The second kappa shape index (κ2) is 7.40. The summed E-state index contributed by atoms with van der Waals surface area (Å²) in [6, 6.07) is 9.17. The van der Waals surface area contributed by atoms with Crippen LogP contribution in [-0.2, 0) is 11.3 Å². The Morgan fingerprint density at radius 2 is 1.95 bits per heavy atom. The first-order chi connectivity index (χ1) is 10.6. The molecule has 1 N–H and O–H groups in total. The van der Waals surface area contributed by atoms with Crippen molar-refractivity contribution in [3.8, 4) is 0 Å². The van der Waals surface area contributed by atoms with E-state index in [1.807, 2.05) is 0 Å². The van der Waals surface area contributed by atoms with E-state index in [0.717, 1.165) is 5.56 Å². The van der Waals surface area contributed by atoms with Gasteiger partial charge in [0.1, 0.15) is 5.82 Å². The highest BCUT2D eigenvalue weighted by Gasteiger charge is 2.12. The molecule has 22 heavy (non-hydrogen) atoms. The minimum absolute atomic E-state index is 0.114. The minimum atomic E-state index is -0.324. The summed E-state index contributed by atoms with van der Waals surface area (Å²) < 4.78 is 17.9. The Bertz CT molecular complexity index is 623. The van der Waals surface area contributed by atoms with Crippen molar-refractivity contribution in [3.63, 3.8) is 0 Å². The Balaban J connectivity index is 1.85. The standard InChI is InChI=1S/C16H17FN2O3/c1-12(20)19(11-13-4-6-14(17)7-5-13)9-8-18-16(21)15-3-2-10-22-15/h2-7,10H,8-9,11H2,1H3,(H,18,21). The van der Waals surface area contributed by atoms with Crippen LogP contribution in [0.4, 0.5) is 4.39 Å². The fraction of sp³-hybridized carbons (Fsp3) is 0.250. The lowest BCUT2D eigenvalue weighted by Crippen LogP contribution is -2.37. The van der Waals surface area contributed by atoms with E-state index in [0.29, 0.717) is 19.6 Å². The second-order valence-corrected chi connectivity index (χ2v) is 4.80. The van der Waals surface area contributed by atoms with Gasteiger partial charge in [0, 0.05) is 26.6 Å². The van der Waals surface area contributed by atoms with E-state index in [-0.39, 0.29) is 23.4 Å². The van der Waals surface area contributed by atoms with E-state index < -0.39 is 0 Å². The zero-order valence-electron chi connectivity index (χ0n) is 12.2. The van der Waals surface area contributed by atoms with Crippen LogP contribution in [0.1, 0.15) is 23.0 Å². The number of benzene rings is 1. The lowest BCUT2D eigenvalue weighted by Gasteiger charge is -2.21. The normalized spacial score (nSPS) is 10.3. The average molecular weight is 304 g/mol. The molecule has 1 aromatic heterocycles. The molecule has 0 atom stereocenters. The van der Waals surface area contributed by atoms with Gasteiger partial charge in [0.05, 0.1) is 6.26 Å². The predicted octanol–water partition coefficient (Wildman–Crippen LogP) is 2.20. The maximum atomic E-state index is 12.9. The summed E-state index contributed by atoms with van der Waals surface area (Å²) in [4.78, 5) is 24.9. The summed E-state index contributed by atoms with van der Waals surface area (Å²) >= 11 is 0. The number of carbonyl (C=O) groups is 2. The first kappa shape index (κ1) is 15.8. The number of halogens is 1. The van der Waals surface area contributed by atoms with Crippen molar-refractivity contribution in [1.82, 2.24) is 10.2 Å². The number of nitrogens with one attached hydrogen (secondary N) is 1. The van der Waals surface area contributed by atoms with Crippen molar-refractivity contribution in [3.05, 3.63) is 59.8 Å². The van der Waals surface area contributed by atoms with Crippen LogP contribution in [0.25, 0.3) is 0 Å². The van der Waals surface area contributed by atoms with Crippen molar-refractivity contribution >= 4 is 11.8 Å². The monoisotopic (exact) mass is 304 g/mol. The van der Waals surface area contributed by atoms with E-state index in [2.05, 4.69) is 5.32 Å². The summed E-state index contributed by atoms with van der Waals surface area (Å²) in [5.41, 5.74) is 0.828. The van der Waals surface area contributed by atoms with Crippen LogP contribution in [0.15, 0.2) is 47.1 Å². The SMILES string of the molecule is CC(=O)N(CCNC(=O)c1ccco1)Cc1ccc(F)cc1. The van der Waals surface area contributed by atoms with Crippen molar-refractivity contribution in [1.29, 1.82) is 0 Å². The number of rotatable bonds is 6. The van der Waals surface area contributed by atoms with E-state index >= 15 is 0 Å². The summed E-state index contributed by atoms with van der Waals surface area (Å²) in [7, 11) is 0. The quantitative estimate of drug-likeness (QED) is 0.890. The molecule has 0 fully saturated rings. The molecule has 0 bridgehead atoms. The van der Waals surface area contributed by atoms with Gasteiger partial charge in [-0.25, -0.2) is 4.39 Å². The molecule has 0 aliphatic carbocycles. The summed E-state index contributed by atoms with van der Waals surface area (Å²) in [6.45, 7) is 2.49. The van der Waals surface area contributed by atoms with Crippen LogP contribution in [0.5, 0.6) is 0 Å². The third-order valence-corrected chi connectivity index (χ3v) is 3.14. The van der Waals surface area contributed by atoms with E-state index in [1.54, 1.807) is 29.2 Å². The van der Waals surface area contributed by atoms with Crippen molar-refractivity contribution < 1.29 is 18.4 Å². The number of carbonyl (C=O) groups excluding carboxylic acids is 2. The van der Waals surface area contributed by atoms with Gasteiger partial charge in [-0.1, -0.05) is 12.1 Å². The summed E-state index contributed by atoms with van der Waals surface area (Å²) in [6.07, 6.45) is 1.42. The highest BCUT2D eigenvalue weighted by Crippen LogP contribution is 2.07. The molecule has 2 amide bonds. The number of furan rings is 1. The molecular formula is C16H17FN2O3. The third kappa shape index (κ3) is 4.44. The van der Waals surface area contributed by atoms with Gasteiger partial charge in [-0.05, 0) is 29.8 Å². The summed E-state index contributed by atoms with van der Waals surface area (Å²) in [5, 5.41) is 2.68. The van der Waals surface area contributed by atoms with Gasteiger partial charge in [0.25, 0.3) is 5.91 Å². The Kier molecular flexibility index (Phi) is 5.30. The molecule has 2 rings (SSSR count). The Hall–Kier alpha value is -2.63. The van der Waals surface area contributed by atoms with Crippen LogP contribution in [0, 0.1) is 5.82 Å². The molecule has 0 spiro atoms. The molecule has 116 valence electrons. The van der Waals surface area contributed by atoms with Gasteiger partial charge in [0.15, 0.2) is 5.76 Å². The molecular weight excluding hydrogens is 287 g/mol. The molecule has 1 aromatic carbocycles. The fourth-order valence-corrected chi connectivity index (χ4v) is 1.96. The van der Waals surface area contributed by atoms with Gasteiger partial charge >= 0.3 is 0 Å². The second-order valence-electron chi connectivity index (χ2n) is 4.80. The van der Waals surface area contributed by atoms with Gasteiger partial charge in [0.2, 0.25) is 5.91 Å². The van der Waals surface area contributed by atoms with Gasteiger partial charge < -0.3 is 14.6 Å². The Morgan fingerprint density at radius 3 is 2.55 bits per heavy atom. The number of hydrogen-bond donors (Lipinski definition) is 1. The van der Waals surface area contributed by atoms with Crippen LogP contribution < -0.4 is 5.32 Å². The number of amides is 2.